The molecular formula is C14H18N2S. The highest BCUT2D eigenvalue weighted by Crippen LogP contribution is 2.33. The van der Waals surface area contributed by atoms with Gasteiger partial charge >= 0.3 is 0 Å². The van der Waals surface area contributed by atoms with Crippen molar-refractivity contribution in [1.82, 2.24) is 4.98 Å². The molecule has 0 aliphatic rings. The van der Waals surface area contributed by atoms with Crippen molar-refractivity contribution < 1.29 is 0 Å². The molecule has 2 nitrogen and oxygen atoms in total. The van der Waals surface area contributed by atoms with E-state index in [0.717, 1.165) is 34.1 Å². The Bertz CT molecular complexity index is 529. The highest BCUT2D eigenvalue weighted by Gasteiger charge is 2.12. The highest BCUT2D eigenvalue weighted by atomic mass is 32.1. The van der Waals surface area contributed by atoms with E-state index in [1.54, 1.807) is 11.3 Å². The minimum absolute atomic E-state index is 0.834. The van der Waals surface area contributed by atoms with E-state index >= 15 is 0 Å². The van der Waals surface area contributed by atoms with Crippen molar-refractivity contribution in [2.45, 2.75) is 33.6 Å². The summed E-state index contributed by atoms with van der Waals surface area (Å²) >= 11 is 1.61. The molecule has 0 atom stereocenters. The summed E-state index contributed by atoms with van der Waals surface area (Å²) in [6.07, 6.45) is 2.12. The molecule has 2 rings (SSSR count). The third-order valence-electron chi connectivity index (χ3n) is 2.80. The van der Waals surface area contributed by atoms with Gasteiger partial charge in [-0.15, -0.1) is 11.3 Å². The summed E-state index contributed by atoms with van der Waals surface area (Å²) in [5.41, 5.74) is 10.7. The first-order valence-corrected chi connectivity index (χ1v) is 6.76. The third-order valence-corrected chi connectivity index (χ3v) is 3.74. The van der Waals surface area contributed by atoms with E-state index in [1.807, 2.05) is 0 Å². The maximum atomic E-state index is 6.07. The lowest BCUT2D eigenvalue weighted by atomic mass is 10.0. The Kier molecular flexibility index (Phi) is 3.48. The van der Waals surface area contributed by atoms with Crippen molar-refractivity contribution in [2.75, 3.05) is 5.73 Å². The monoisotopic (exact) mass is 246 g/mol. The molecule has 90 valence electrons. The first kappa shape index (κ1) is 12.1. The second-order valence-electron chi connectivity index (χ2n) is 4.39. The zero-order valence-electron chi connectivity index (χ0n) is 10.6. The number of hydrogen-bond donors (Lipinski definition) is 1. The van der Waals surface area contributed by atoms with Gasteiger partial charge in [0.25, 0.3) is 0 Å². The van der Waals surface area contributed by atoms with Crippen molar-refractivity contribution in [1.29, 1.82) is 0 Å². The summed E-state index contributed by atoms with van der Waals surface area (Å²) < 4.78 is 0. The number of nitrogens with two attached hydrogens (primary N) is 1. The number of nitrogen functional groups attached to an aromatic ring is 1. The van der Waals surface area contributed by atoms with E-state index in [-0.39, 0.29) is 0 Å². The van der Waals surface area contributed by atoms with E-state index in [1.165, 1.54) is 11.1 Å². The quantitative estimate of drug-likeness (QED) is 0.890. The number of aromatic nitrogens is 1. The second-order valence-corrected chi connectivity index (χ2v) is 5.50. The number of rotatable bonds is 3. The molecule has 1 aromatic carbocycles. The summed E-state index contributed by atoms with van der Waals surface area (Å²) in [6, 6.07) is 6.40. The van der Waals surface area contributed by atoms with Crippen LogP contribution >= 0.6 is 11.3 Å². The van der Waals surface area contributed by atoms with Crippen LogP contribution in [0.15, 0.2) is 18.2 Å². The van der Waals surface area contributed by atoms with Crippen LogP contribution in [-0.2, 0) is 6.42 Å². The lowest BCUT2D eigenvalue weighted by molar-refractivity contribution is 0.910. The number of aryl methyl sites for hydroxylation is 3. The van der Waals surface area contributed by atoms with Gasteiger partial charge < -0.3 is 5.73 Å². The van der Waals surface area contributed by atoms with Gasteiger partial charge in [0.05, 0.1) is 5.01 Å². The molecule has 0 aliphatic heterocycles. The highest BCUT2D eigenvalue weighted by molar-refractivity contribution is 7.16. The second kappa shape index (κ2) is 4.88. The predicted octanol–water partition coefficient (Wildman–Crippen LogP) is 3.96. The molecule has 0 radical (unpaired) electrons. The maximum absolute atomic E-state index is 6.07. The van der Waals surface area contributed by atoms with Crippen molar-refractivity contribution >= 4 is 16.3 Å². The fraction of sp³-hybridized carbons (Fsp3) is 0.357. The van der Waals surface area contributed by atoms with E-state index in [0.29, 0.717) is 0 Å². The van der Waals surface area contributed by atoms with Crippen molar-refractivity contribution in [3.63, 3.8) is 0 Å². The molecule has 1 heterocycles. The molecule has 0 amide bonds. The number of thiazole rings is 1. The maximum Gasteiger partial charge on any atom is 0.114 e. The molecule has 0 saturated carbocycles. The fourth-order valence-corrected chi connectivity index (χ4v) is 2.92. The van der Waals surface area contributed by atoms with Gasteiger partial charge in [0.2, 0.25) is 0 Å². The zero-order valence-corrected chi connectivity index (χ0v) is 11.4. The summed E-state index contributed by atoms with van der Waals surface area (Å²) in [4.78, 5) is 4.65. The van der Waals surface area contributed by atoms with Crippen LogP contribution in [0.1, 0.15) is 29.5 Å². The first-order chi connectivity index (χ1) is 8.11. The van der Waals surface area contributed by atoms with Gasteiger partial charge in [-0.05, 0) is 32.3 Å². The van der Waals surface area contributed by atoms with Gasteiger partial charge in [0.1, 0.15) is 10.7 Å². The standard InChI is InChI=1S/C14H18N2S/c1-4-5-12-16-13(14(15)17-12)11-7-6-9(2)8-10(11)3/h6-8H,4-5,15H2,1-3H3. The molecule has 2 aromatic rings. The molecule has 0 fully saturated rings. The minimum Gasteiger partial charge on any atom is -0.389 e. The summed E-state index contributed by atoms with van der Waals surface area (Å²) in [5, 5.41) is 1.97. The number of nitrogens with zero attached hydrogens (tertiary/aromatic N) is 1. The molecule has 3 heteroatoms. The Labute approximate surface area is 107 Å². The Morgan fingerprint density at radius 2 is 2.06 bits per heavy atom. The zero-order chi connectivity index (χ0) is 12.4. The average molecular weight is 246 g/mol. The fourth-order valence-electron chi connectivity index (χ4n) is 1.97. The molecule has 0 bridgehead atoms. The van der Waals surface area contributed by atoms with Gasteiger partial charge in [0.15, 0.2) is 0 Å². The third kappa shape index (κ3) is 2.50. The molecule has 0 spiro atoms. The van der Waals surface area contributed by atoms with Crippen molar-refractivity contribution in [2.24, 2.45) is 0 Å². The van der Waals surface area contributed by atoms with E-state index in [2.05, 4.69) is 44.0 Å². The van der Waals surface area contributed by atoms with Gasteiger partial charge in [0, 0.05) is 5.56 Å². The minimum atomic E-state index is 0.834. The number of hydrogen-bond acceptors (Lipinski definition) is 3. The Balaban J connectivity index is 2.45. The topological polar surface area (TPSA) is 38.9 Å². The first-order valence-electron chi connectivity index (χ1n) is 5.94. The molecule has 2 N–H and O–H groups in total. The smallest absolute Gasteiger partial charge is 0.114 e. The van der Waals surface area contributed by atoms with Crippen molar-refractivity contribution in [3.05, 3.63) is 34.3 Å². The summed E-state index contributed by atoms with van der Waals surface area (Å²) in [5.74, 6) is 0. The molecular weight excluding hydrogens is 228 g/mol. The average Bonchev–Trinajstić information content (AvgIpc) is 2.60. The van der Waals surface area contributed by atoms with Gasteiger partial charge in [-0.3, -0.25) is 0 Å². The number of anilines is 1. The van der Waals surface area contributed by atoms with Crippen molar-refractivity contribution in [3.8, 4) is 11.3 Å². The van der Waals surface area contributed by atoms with Gasteiger partial charge in [-0.25, -0.2) is 4.98 Å². The van der Waals surface area contributed by atoms with Crippen LogP contribution in [0.2, 0.25) is 0 Å². The molecule has 1 aromatic heterocycles. The Morgan fingerprint density at radius 3 is 2.71 bits per heavy atom. The van der Waals surface area contributed by atoms with E-state index in [4.69, 9.17) is 5.73 Å². The number of benzene rings is 1. The largest absolute Gasteiger partial charge is 0.389 e. The lowest BCUT2D eigenvalue weighted by Crippen LogP contribution is -1.90. The predicted molar refractivity (Wildman–Crippen MR) is 75.4 cm³/mol. The van der Waals surface area contributed by atoms with E-state index < -0.39 is 0 Å². The summed E-state index contributed by atoms with van der Waals surface area (Å²) in [7, 11) is 0. The molecule has 0 aliphatic carbocycles. The van der Waals surface area contributed by atoms with Crippen LogP contribution in [0.5, 0.6) is 0 Å². The molecule has 17 heavy (non-hydrogen) atoms. The molecule has 0 saturated heterocycles. The molecule has 0 unspecified atom stereocenters. The Morgan fingerprint density at radius 1 is 1.29 bits per heavy atom. The van der Waals surface area contributed by atoms with Crippen LogP contribution < -0.4 is 5.73 Å². The van der Waals surface area contributed by atoms with Crippen LogP contribution in [-0.4, -0.2) is 4.98 Å². The van der Waals surface area contributed by atoms with E-state index in [9.17, 15) is 0 Å². The van der Waals surface area contributed by atoms with Crippen LogP contribution in [0, 0.1) is 13.8 Å². The van der Waals surface area contributed by atoms with Gasteiger partial charge in [-0.1, -0.05) is 30.7 Å². The lowest BCUT2D eigenvalue weighted by Gasteiger charge is -2.04. The van der Waals surface area contributed by atoms with Crippen LogP contribution in [0.25, 0.3) is 11.3 Å². The normalized spacial score (nSPS) is 10.8. The SMILES string of the molecule is CCCc1nc(-c2ccc(C)cc2C)c(N)s1. The van der Waals surface area contributed by atoms with Crippen LogP contribution in [0.4, 0.5) is 5.00 Å². The summed E-state index contributed by atoms with van der Waals surface area (Å²) in [6.45, 7) is 6.37. The van der Waals surface area contributed by atoms with Gasteiger partial charge in [-0.2, -0.15) is 0 Å². The van der Waals surface area contributed by atoms with Crippen LogP contribution in [0.3, 0.4) is 0 Å². The Hall–Kier alpha value is -1.35.